The van der Waals surface area contributed by atoms with Crippen LogP contribution in [0.15, 0.2) is 66.2 Å². The van der Waals surface area contributed by atoms with Gasteiger partial charge in [-0.05, 0) is 54.7 Å². The molecule has 2 heterocycles. The molecule has 0 aliphatic heterocycles. The number of nitrogens with zero attached hydrogens (tertiary/aromatic N) is 7. The molecule has 20 heteroatoms. The maximum absolute atomic E-state index is 14.0. The van der Waals surface area contributed by atoms with Gasteiger partial charge in [0.2, 0.25) is 0 Å². The lowest BCUT2D eigenvalue weighted by atomic mass is 10.0. The fourth-order valence-electron chi connectivity index (χ4n) is 4.37. The number of guanidine groups is 1. The lowest BCUT2D eigenvalue weighted by Gasteiger charge is -2.32. The van der Waals surface area contributed by atoms with Crippen LogP contribution in [0.1, 0.15) is 82.3 Å². The molecule has 0 fully saturated rings. The first-order valence-electron chi connectivity index (χ1n) is 15.9. The molecule has 12 nitrogen and oxygen atoms in total. The normalized spacial score (nSPS) is 13.0. The molecule has 0 radical (unpaired) electrons. The summed E-state index contributed by atoms with van der Waals surface area (Å²) in [6.07, 6.45) is -6.29. The van der Waals surface area contributed by atoms with E-state index >= 15 is 0 Å². The second-order valence-corrected chi connectivity index (χ2v) is 14.1. The molecule has 2 aromatic heterocycles. The summed E-state index contributed by atoms with van der Waals surface area (Å²) in [7, 11) is 1.23. The van der Waals surface area contributed by atoms with Crippen LogP contribution in [0.3, 0.4) is 0 Å². The number of hydrogen-bond donors (Lipinski definition) is 2. The summed E-state index contributed by atoms with van der Waals surface area (Å²) in [4.78, 5) is 34.9. The van der Waals surface area contributed by atoms with Gasteiger partial charge in [0.15, 0.2) is 11.8 Å². The number of rotatable bonds is 10. The van der Waals surface area contributed by atoms with Gasteiger partial charge in [-0.2, -0.15) is 32.1 Å². The minimum absolute atomic E-state index is 0.0327. The first kappa shape index (κ1) is 43.2. The van der Waals surface area contributed by atoms with Crippen LogP contribution >= 0.6 is 11.6 Å². The van der Waals surface area contributed by atoms with Gasteiger partial charge in [-0.15, -0.1) is 0 Å². The number of halogens is 8. The van der Waals surface area contributed by atoms with E-state index < -0.39 is 61.1 Å². The van der Waals surface area contributed by atoms with Crippen LogP contribution in [-0.4, -0.2) is 72.8 Å². The van der Waals surface area contributed by atoms with Crippen LogP contribution in [0.2, 0.25) is 5.02 Å². The Bertz CT molecular complexity index is 1920. The number of carbonyl (C=O) groups excluding carboxylic acids is 2. The Morgan fingerprint density at radius 3 is 2.11 bits per heavy atom. The van der Waals surface area contributed by atoms with E-state index in [2.05, 4.69) is 47.9 Å². The molecular formula is C34H39ClF7N9O3. The topological polar surface area (TPSA) is 146 Å². The minimum Gasteiger partial charge on any atom is -0.447 e. The summed E-state index contributed by atoms with van der Waals surface area (Å²) in [6.45, 7) is 6.46. The van der Waals surface area contributed by atoms with Gasteiger partial charge >= 0.3 is 18.8 Å². The lowest BCUT2D eigenvalue weighted by molar-refractivity contribution is -0.183. The van der Waals surface area contributed by atoms with E-state index in [1.165, 1.54) is 55.7 Å². The molecule has 0 aliphatic carbocycles. The number of nitrogens with one attached hydrogen (secondary N) is 1. The van der Waals surface area contributed by atoms with Gasteiger partial charge in [0.05, 0.1) is 22.9 Å². The predicted molar refractivity (Wildman–Crippen MR) is 186 cm³/mol. The number of alkyl carbamates (subject to hydrolysis) is 1. The highest BCUT2D eigenvalue weighted by Gasteiger charge is 2.49. The van der Waals surface area contributed by atoms with Crippen LogP contribution in [0.4, 0.5) is 35.5 Å². The molecule has 294 valence electrons. The molecule has 54 heavy (non-hydrogen) atoms. The van der Waals surface area contributed by atoms with Crippen molar-refractivity contribution in [3.8, 4) is 16.8 Å². The van der Waals surface area contributed by atoms with Crippen molar-refractivity contribution >= 4 is 29.6 Å². The zero-order valence-electron chi connectivity index (χ0n) is 30.2. The first-order valence-corrected chi connectivity index (χ1v) is 16.3. The molecule has 4 aromatic rings. The van der Waals surface area contributed by atoms with E-state index in [-0.39, 0.29) is 21.8 Å². The highest BCUT2D eigenvalue weighted by molar-refractivity contribution is 6.32. The summed E-state index contributed by atoms with van der Waals surface area (Å²) in [5.41, 5.74) is 4.56. The first-order chi connectivity index (χ1) is 24.9. The van der Waals surface area contributed by atoms with Gasteiger partial charge in [0, 0.05) is 24.4 Å². The smallest absolute Gasteiger partial charge is 0.411 e. The summed E-state index contributed by atoms with van der Waals surface area (Å²) >= 11 is 6.31. The zero-order chi connectivity index (χ0) is 40.8. The van der Waals surface area contributed by atoms with E-state index in [9.17, 15) is 40.3 Å². The van der Waals surface area contributed by atoms with Crippen LogP contribution < -0.4 is 11.1 Å². The van der Waals surface area contributed by atoms with Gasteiger partial charge in [0.25, 0.3) is 12.3 Å². The SMILES string of the molecule is CC(C)(C)C.CN=C(N)N(C(=O)c1ccc(-c2cnn(C(F)F)c2)cc1)[C@H](COC(=O)NC(C)(C)C(F)(F)F)c1ccc(Cl)c(-n2ncnc2C(F)F)c1. The Kier molecular flexibility index (Phi) is 13.8. The van der Waals surface area contributed by atoms with E-state index in [1.54, 1.807) is 5.32 Å². The maximum atomic E-state index is 14.0. The van der Waals surface area contributed by atoms with E-state index in [4.69, 9.17) is 22.1 Å². The lowest BCUT2D eigenvalue weighted by Crippen LogP contribution is -2.54. The minimum atomic E-state index is -4.86. The van der Waals surface area contributed by atoms with Crippen molar-refractivity contribution in [2.75, 3.05) is 13.7 Å². The van der Waals surface area contributed by atoms with E-state index in [0.717, 1.165) is 22.1 Å². The van der Waals surface area contributed by atoms with Crippen molar-refractivity contribution in [2.24, 2.45) is 16.1 Å². The quantitative estimate of drug-likeness (QED) is 0.0933. The van der Waals surface area contributed by atoms with Gasteiger partial charge in [0.1, 0.15) is 18.5 Å². The third-order valence-corrected chi connectivity index (χ3v) is 7.44. The molecule has 0 saturated heterocycles. The fraction of sp³-hybridized carbons (Fsp3) is 0.412. The molecule has 2 amide bonds. The fourth-order valence-corrected chi connectivity index (χ4v) is 4.57. The van der Waals surface area contributed by atoms with Crippen molar-refractivity contribution in [1.82, 2.24) is 34.8 Å². The van der Waals surface area contributed by atoms with Gasteiger partial charge in [-0.3, -0.25) is 14.7 Å². The highest BCUT2D eigenvalue weighted by Crippen LogP contribution is 2.33. The maximum Gasteiger partial charge on any atom is 0.411 e. The zero-order valence-corrected chi connectivity index (χ0v) is 30.9. The third kappa shape index (κ3) is 11.2. The second-order valence-electron chi connectivity index (χ2n) is 13.7. The van der Waals surface area contributed by atoms with E-state index in [1.807, 2.05) is 0 Å². The summed E-state index contributed by atoms with van der Waals surface area (Å²) < 4.78 is 100. The Morgan fingerprint density at radius 2 is 1.59 bits per heavy atom. The molecule has 0 saturated carbocycles. The Morgan fingerprint density at radius 1 is 0.981 bits per heavy atom. The average molecular weight is 790 g/mol. The number of alkyl halides is 7. The van der Waals surface area contributed by atoms with Gasteiger partial charge in [-0.25, -0.2) is 27.9 Å². The average Bonchev–Trinajstić information content (AvgIpc) is 3.76. The predicted octanol–water partition coefficient (Wildman–Crippen LogP) is 8.36. The summed E-state index contributed by atoms with van der Waals surface area (Å²) in [5, 5.41) is 8.99. The van der Waals surface area contributed by atoms with E-state index in [0.29, 0.717) is 35.1 Å². The molecule has 2 aromatic carbocycles. The standard InChI is InChI=1S/C29H27ClF7N9O3.C5H12/c1-28(2,29(35,36)37)43-27(48)49-13-21(17-8-9-19(30)20(10-17)46-23(22(31)32)40-14-42-46)45(26(38)39-3)24(47)16-6-4-15(5-7-16)18-11-41-44(12-18)25(33)34;1-5(2,3)4/h4-12,14,21-22,25H,13H2,1-3H3,(H2,38,39)(H,43,48);1-4H3/t21-;/m1./s1. The van der Waals surface area contributed by atoms with Gasteiger partial charge in [-0.1, -0.05) is 57.5 Å². The van der Waals surface area contributed by atoms with Crippen LogP contribution in [0.5, 0.6) is 0 Å². The number of aliphatic imine (C=N–C) groups is 1. The van der Waals surface area contributed by atoms with Crippen molar-refractivity contribution < 1.29 is 45.1 Å². The summed E-state index contributed by atoms with van der Waals surface area (Å²) in [5.74, 6) is -2.07. The molecule has 4 rings (SSSR count). The van der Waals surface area contributed by atoms with Crippen LogP contribution in [0, 0.1) is 5.41 Å². The highest BCUT2D eigenvalue weighted by atomic mass is 35.5. The largest absolute Gasteiger partial charge is 0.447 e. The molecule has 0 bridgehead atoms. The molecule has 1 atom stereocenters. The number of amides is 2. The Labute approximate surface area is 311 Å². The molecule has 0 unspecified atom stereocenters. The Balaban J connectivity index is 0.00000147. The second kappa shape index (κ2) is 17.3. The monoisotopic (exact) mass is 789 g/mol. The molecule has 0 aliphatic rings. The summed E-state index contributed by atoms with van der Waals surface area (Å²) in [6, 6.07) is 7.92. The number of hydrogen-bond acceptors (Lipinski definition) is 7. The van der Waals surface area contributed by atoms with Crippen molar-refractivity contribution in [1.29, 1.82) is 0 Å². The Hall–Kier alpha value is -5.20. The van der Waals surface area contributed by atoms with Crippen LogP contribution in [-0.2, 0) is 4.74 Å². The number of carbonyl (C=O) groups is 2. The van der Waals surface area contributed by atoms with Gasteiger partial charge < -0.3 is 15.8 Å². The number of aromatic nitrogens is 5. The molecule has 0 spiro atoms. The van der Waals surface area contributed by atoms with Crippen molar-refractivity contribution in [3.05, 3.63) is 83.2 Å². The van der Waals surface area contributed by atoms with Crippen LogP contribution in [0.25, 0.3) is 16.8 Å². The number of nitrogens with two attached hydrogens (primary N) is 1. The third-order valence-electron chi connectivity index (χ3n) is 7.12. The molecule has 3 N–H and O–H groups in total. The van der Waals surface area contributed by atoms with Crippen molar-refractivity contribution in [2.45, 2.75) is 72.3 Å². The number of benzene rings is 2. The number of ether oxygens (including phenoxy) is 1. The van der Waals surface area contributed by atoms with Crippen molar-refractivity contribution in [3.63, 3.8) is 0 Å². The molecular weight excluding hydrogens is 751 g/mol.